The van der Waals surface area contributed by atoms with E-state index in [0.717, 1.165) is 37.0 Å². The molecule has 6 nitrogen and oxygen atoms in total. The maximum atomic E-state index is 12.6. The van der Waals surface area contributed by atoms with Gasteiger partial charge in [-0.15, -0.1) is 0 Å². The number of hydrogen-bond acceptors (Lipinski definition) is 3. The molecular weight excluding hydrogens is 328 g/mol. The highest BCUT2D eigenvalue weighted by molar-refractivity contribution is 5.91. The molecule has 0 radical (unpaired) electrons. The first-order chi connectivity index (χ1) is 12.8. The van der Waals surface area contributed by atoms with Crippen LogP contribution in [0.5, 0.6) is 5.75 Å². The number of fused-ring (bicyclic) bond motifs is 1. The number of hydrogen-bond donors (Lipinski definition) is 1. The van der Waals surface area contributed by atoms with Gasteiger partial charge in [-0.25, -0.2) is 9.78 Å². The molecule has 0 bridgehead atoms. The van der Waals surface area contributed by atoms with Gasteiger partial charge >= 0.3 is 6.03 Å². The second-order valence-corrected chi connectivity index (χ2v) is 6.49. The first kappa shape index (κ1) is 16.4. The minimum absolute atomic E-state index is 0.0801. The highest BCUT2D eigenvalue weighted by Gasteiger charge is 2.25. The van der Waals surface area contributed by atoms with Crippen LogP contribution in [0.25, 0.3) is 11.0 Å². The summed E-state index contributed by atoms with van der Waals surface area (Å²) in [5, 5.41) is 2.95. The lowest BCUT2D eigenvalue weighted by atomic mass is 10.0. The van der Waals surface area contributed by atoms with Gasteiger partial charge in [0.05, 0.1) is 30.2 Å². The van der Waals surface area contributed by atoms with Gasteiger partial charge in [0, 0.05) is 19.1 Å². The normalized spacial score (nSPS) is 15.2. The molecule has 1 N–H and O–H groups in total. The van der Waals surface area contributed by atoms with Crippen LogP contribution in [0.4, 0.5) is 10.5 Å². The minimum atomic E-state index is -0.0801. The topological polar surface area (TPSA) is 59.4 Å². The van der Waals surface area contributed by atoms with E-state index < -0.39 is 0 Å². The summed E-state index contributed by atoms with van der Waals surface area (Å²) in [5.41, 5.74) is 2.87. The molecule has 1 saturated heterocycles. The number of methoxy groups -OCH3 is 1. The van der Waals surface area contributed by atoms with Gasteiger partial charge in [-0.05, 0) is 37.1 Å². The highest BCUT2D eigenvalue weighted by Crippen LogP contribution is 2.28. The first-order valence-electron chi connectivity index (χ1n) is 8.87. The molecule has 4 rings (SSSR count). The van der Waals surface area contributed by atoms with E-state index >= 15 is 0 Å². The van der Waals surface area contributed by atoms with E-state index in [1.807, 2.05) is 53.7 Å². The lowest BCUT2D eigenvalue weighted by Gasteiger charge is -2.33. The second kappa shape index (κ2) is 7.07. The second-order valence-electron chi connectivity index (χ2n) is 6.49. The van der Waals surface area contributed by atoms with Gasteiger partial charge in [0.1, 0.15) is 5.75 Å². The Hall–Kier alpha value is -3.02. The molecule has 1 fully saturated rings. The average Bonchev–Trinajstić information content (AvgIpc) is 3.12. The third-order valence-electron chi connectivity index (χ3n) is 4.97. The van der Waals surface area contributed by atoms with Crippen molar-refractivity contribution in [3.8, 4) is 5.75 Å². The van der Waals surface area contributed by atoms with Crippen LogP contribution in [-0.4, -0.2) is 40.7 Å². The summed E-state index contributed by atoms with van der Waals surface area (Å²) >= 11 is 0. The Morgan fingerprint density at radius 3 is 2.65 bits per heavy atom. The number of anilines is 1. The van der Waals surface area contributed by atoms with Crippen molar-refractivity contribution >= 4 is 22.8 Å². The van der Waals surface area contributed by atoms with Crippen molar-refractivity contribution < 1.29 is 9.53 Å². The number of amides is 2. The summed E-state index contributed by atoms with van der Waals surface area (Å²) in [6.45, 7) is 1.44. The summed E-state index contributed by atoms with van der Waals surface area (Å²) < 4.78 is 7.54. The SMILES string of the molecule is COc1ccccc1NC(=O)N1CCC(n2cnc3ccccc32)CC1. The number of nitrogens with one attached hydrogen (secondary N) is 1. The lowest BCUT2D eigenvalue weighted by Crippen LogP contribution is -2.41. The third kappa shape index (κ3) is 3.10. The first-order valence-corrected chi connectivity index (χ1v) is 8.87. The number of nitrogens with zero attached hydrogens (tertiary/aromatic N) is 3. The molecule has 0 unspecified atom stereocenters. The quantitative estimate of drug-likeness (QED) is 0.779. The molecular formula is C20H22N4O2. The predicted molar refractivity (Wildman–Crippen MR) is 102 cm³/mol. The van der Waals surface area contributed by atoms with Gasteiger partial charge in [0.15, 0.2) is 0 Å². The molecule has 3 aromatic rings. The Balaban J connectivity index is 1.41. The van der Waals surface area contributed by atoms with E-state index in [9.17, 15) is 4.79 Å². The van der Waals surface area contributed by atoms with E-state index in [2.05, 4.69) is 20.9 Å². The average molecular weight is 350 g/mol. The number of imidazole rings is 1. The molecule has 0 atom stereocenters. The number of aromatic nitrogens is 2. The fraction of sp³-hybridized carbons (Fsp3) is 0.300. The number of urea groups is 1. The fourth-order valence-electron chi connectivity index (χ4n) is 3.56. The number of benzene rings is 2. The largest absolute Gasteiger partial charge is 0.495 e. The molecule has 0 saturated carbocycles. The van der Waals surface area contributed by atoms with Crippen molar-refractivity contribution in [3.05, 3.63) is 54.9 Å². The van der Waals surface area contributed by atoms with Gasteiger partial charge in [-0.3, -0.25) is 0 Å². The zero-order valence-electron chi connectivity index (χ0n) is 14.8. The molecule has 1 aliphatic rings. The van der Waals surface area contributed by atoms with E-state index in [4.69, 9.17) is 4.74 Å². The van der Waals surface area contributed by atoms with Gasteiger partial charge in [-0.1, -0.05) is 24.3 Å². The van der Waals surface area contributed by atoms with Gasteiger partial charge in [0.2, 0.25) is 0 Å². The molecule has 134 valence electrons. The van der Waals surface area contributed by atoms with Crippen LogP contribution in [0.15, 0.2) is 54.9 Å². The zero-order chi connectivity index (χ0) is 17.9. The maximum absolute atomic E-state index is 12.6. The van der Waals surface area contributed by atoms with Crippen LogP contribution >= 0.6 is 0 Å². The molecule has 2 heterocycles. The summed E-state index contributed by atoms with van der Waals surface area (Å²) in [7, 11) is 1.60. The van der Waals surface area contributed by atoms with Crippen LogP contribution in [0.2, 0.25) is 0 Å². The predicted octanol–water partition coefficient (Wildman–Crippen LogP) is 3.91. The number of likely N-dealkylation sites (tertiary alicyclic amines) is 1. The van der Waals surface area contributed by atoms with Crippen LogP contribution in [0.3, 0.4) is 0 Å². The number of para-hydroxylation sites is 4. The summed E-state index contributed by atoms with van der Waals surface area (Å²) in [5.74, 6) is 0.667. The number of carbonyl (C=O) groups is 1. The number of carbonyl (C=O) groups excluding carboxylic acids is 1. The van der Waals surface area contributed by atoms with Crippen molar-refractivity contribution in [2.45, 2.75) is 18.9 Å². The molecule has 2 aromatic carbocycles. The standard InChI is InChI=1S/C20H22N4O2/c1-26-19-9-5-3-7-17(19)22-20(25)23-12-10-15(11-13-23)24-14-21-16-6-2-4-8-18(16)24/h2-9,14-15H,10-13H2,1H3,(H,22,25). The Morgan fingerprint density at radius 1 is 1.12 bits per heavy atom. The van der Waals surface area contributed by atoms with Crippen molar-refractivity contribution in [1.29, 1.82) is 0 Å². The van der Waals surface area contributed by atoms with Crippen molar-refractivity contribution in [2.75, 3.05) is 25.5 Å². The minimum Gasteiger partial charge on any atom is -0.495 e. The lowest BCUT2D eigenvalue weighted by molar-refractivity contribution is 0.184. The van der Waals surface area contributed by atoms with Crippen LogP contribution in [0.1, 0.15) is 18.9 Å². The molecule has 6 heteroatoms. The van der Waals surface area contributed by atoms with Crippen molar-refractivity contribution in [3.63, 3.8) is 0 Å². The fourth-order valence-corrected chi connectivity index (χ4v) is 3.56. The van der Waals surface area contributed by atoms with Crippen LogP contribution < -0.4 is 10.1 Å². The van der Waals surface area contributed by atoms with E-state index in [1.165, 1.54) is 0 Å². The third-order valence-corrected chi connectivity index (χ3v) is 4.97. The number of rotatable bonds is 3. The summed E-state index contributed by atoms with van der Waals surface area (Å²) in [6.07, 6.45) is 3.75. The van der Waals surface area contributed by atoms with E-state index in [1.54, 1.807) is 7.11 Å². The highest BCUT2D eigenvalue weighted by atomic mass is 16.5. The maximum Gasteiger partial charge on any atom is 0.321 e. The molecule has 1 aromatic heterocycles. The smallest absolute Gasteiger partial charge is 0.321 e. The van der Waals surface area contributed by atoms with Gasteiger partial charge < -0.3 is 19.5 Å². The van der Waals surface area contributed by atoms with Crippen LogP contribution in [0, 0.1) is 0 Å². The van der Waals surface area contributed by atoms with Gasteiger partial charge in [-0.2, -0.15) is 0 Å². The van der Waals surface area contributed by atoms with E-state index in [-0.39, 0.29) is 6.03 Å². The molecule has 26 heavy (non-hydrogen) atoms. The van der Waals surface area contributed by atoms with E-state index in [0.29, 0.717) is 17.5 Å². The van der Waals surface area contributed by atoms with Crippen LogP contribution in [-0.2, 0) is 0 Å². The molecule has 1 aliphatic heterocycles. The Labute approximate surface area is 152 Å². The van der Waals surface area contributed by atoms with Crippen molar-refractivity contribution in [1.82, 2.24) is 14.5 Å². The monoisotopic (exact) mass is 350 g/mol. The summed E-state index contributed by atoms with van der Waals surface area (Å²) in [6, 6.07) is 15.9. The Bertz CT molecular complexity index is 913. The Morgan fingerprint density at radius 2 is 1.85 bits per heavy atom. The van der Waals surface area contributed by atoms with Gasteiger partial charge in [0.25, 0.3) is 0 Å². The molecule has 0 aliphatic carbocycles. The summed E-state index contributed by atoms with van der Waals surface area (Å²) in [4.78, 5) is 18.9. The number of piperidine rings is 1. The van der Waals surface area contributed by atoms with Crippen molar-refractivity contribution in [2.24, 2.45) is 0 Å². The number of ether oxygens (including phenoxy) is 1. The zero-order valence-corrected chi connectivity index (χ0v) is 14.8. The molecule has 0 spiro atoms. The molecule has 2 amide bonds. The Kier molecular flexibility index (Phi) is 4.48.